The lowest BCUT2D eigenvalue weighted by Crippen LogP contribution is -1.84. The Balaban J connectivity index is 0.00000108. The lowest BCUT2D eigenvalue weighted by molar-refractivity contribution is 1.09. The molecular weight excluding hydrogens is 236 g/mol. The van der Waals surface area contributed by atoms with E-state index in [2.05, 4.69) is 21.2 Å². The molecule has 4 nitrogen and oxygen atoms in total. The average molecular weight is 247 g/mol. The van der Waals surface area contributed by atoms with Crippen molar-refractivity contribution in [2.24, 2.45) is 0 Å². The maximum atomic E-state index is 5.56. The molecule has 0 bridgehead atoms. The fourth-order valence-electron chi connectivity index (χ4n) is 1.70. The zero-order valence-electron chi connectivity index (χ0n) is 8.92. The molecule has 0 aliphatic rings. The third-order valence-corrected chi connectivity index (χ3v) is 2.50. The average Bonchev–Trinajstić information content (AvgIpc) is 2.75. The van der Waals surface area contributed by atoms with E-state index in [1.165, 1.54) is 0 Å². The Morgan fingerprint density at radius 1 is 1.06 bits per heavy atom. The molecule has 0 aliphatic carbocycles. The van der Waals surface area contributed by atoms with Crippen LogP contribution in [-0.4, -0.2) is 15.2 Å². The number of nitrogen functional groups attached to an aromatic ring is 1. The molecule has 0 fully saturated rings. The van der Waals surface area contributed by atoms with E-state index in [9.17, 15) is 0 Å². The summed E-state index contributed by atoms with van der Waals surface area (Å²) in [5, 5.41) is 9.01. The number of H-pyrrole nitrogens is 1. The summed E-state index contributed by atoms with van der Waals surface area (Å²) in [5.74, 6) is 0.477. The lowest BCUT2D eigenvalue weighted by Gasteiger charge is -1.99. The van der Waals surface area contributed by atoms with Gasteiger partial charge < -0.3 is 5.73 Å². The van der Waals surface area contributed by atoms with Gasteiger partial charge in [-0.3, -0.25) is 10.1 Å². The van der Waals surface area contributed by atoms with Gasteiger partial charge in [-0.25, -0.2) is 0 Å². The maximum absolute atomic E-state index is 5.56. The van der Waals surface area contributed by atoms with Crippen molar-refractivity contribution < 1.29 is 0 Å². The fraction of sp³-hybridized carbons (Fsp3) is 0. The van der Waals surface area contributed by atoms with Crippen LogP contribution in [0.15, 0.2) is 42.6 Å². The number of aromatic amines is 1. The summed E-state index contributed by atoms with van der Waals surface area (Å²) < 4.78 is 0. The first-order valence-corrected chi connectivity index (χ1v) is 4.99. The highest BCUT2D eigenvalue weighted by atomic mass is 35.5. The number of nitrogens with one attached hydrogen (secondary N) is 1. The number of hydrogen-bond donors (Lipinski definition) is 2. The van der Waals surface area contributed by atoms with Crippen LogP contribution in [0.1, 0.15) is 0 Å². The van der Waals surface area contributed by atoms with Gasteiger partial charge in [0.15, 0.2) is 0 Å². The molecule has 3 aromatic rings. The largest absolute Gasteiger partial charge is 0.382 e. The highest BCUT2D eigenvalue weighted by Gasteiger charge is 2.03. The number of benzene rings is 1. The van der Waals surface area contributed by atoms with Crippen molar-refractivity contribution in [2.45, 2.75) is 0 Å². The van der Waals surface area contributed by atoms with Crippen molar-refractivity contribution in [1.29, 1.82) is 0 Å². The molecule has 0 saturated heterocycles. The standard InChI is InChI=1S/C12H10N4.ClH/c13-12-6-11(15-16-12)10-5-8-3-1-2-4-9(8)7-14-10;/h1-7H,(H3,13,15,16);1H. The van der Waals surface area contributed by atoms with Gasteiger partial charge in [-0.2, -0.15) is 5.10 Å². The van der Waals surface area contributed by atoms with Crippen LogP contribution in [0, 0.1) is 0 Å². The van der Waals surface area contributed by atoms with Gasteiger partial charge >= 0.3 is 0 Å². The van der Waals surface area contributed by atoms with E-state index in [1.54, 1.807) is 6.07 Å². The molecule has 86 valence electrons. The van der Waals surface area contributed by atoms with Gasteiger partial charge in [0.05, 0.1) is 11.4 Å². The Hall–Kier alpha value is -2.07. The Morgan fingerprint density at radius 2 is 1.82 bits per heavy atom. The first kappa shape index (κ1) is 11.4. The van der Waals surface area contributed by atoms with Gasteiger partial charge in [-0.05, 0) is 11.5 Å². The number of nitrogens with zero attached hydrogens (tertiary/aromatic N) is 2. The minimum atomic E-state index is 0. The highest BCUT2D eigenvalue weighted by molar-refractivity contribution is 5.85. The van der Waals surface area contributed by atoms with E-state index in [0.717, 1.165) is 22.2 Å². The summed E-state index contributed by atoms with van der Waals surface area (Å²) in [4.78, 5) is 4.36. The first-order valence-electron chi connectivity index (χ1n) is 4.99. The van der Waals surface area contributed by atoms with Gasteiger partial charge in [0.1, 0.15) is 5.82 Å². The van der Waals surface area contributed by atoms with Gasteiger partial charge in [0.25, 0.3) is 0 Å². The molecule has 3 N–H and O–H groups in total. The molecule has 0 radical (unpaired) electrons. The van der Waals surface area contributed by atoms with Crippen LogP contribution >= 0.6 is 12.4 Å². The molecule has 3 rings (SSSR count). The number of anilines is 1. The topological polar surface area (TPSA) is 67.6 Å². The third-order valence-electron chi connectivity index (χ3n) is 2.50. The Kier molecular flexibility index (Phi) is 2.97. The van der Waals surface area contributed by atoms with Crippen molar-refractivity contribution in [1.82, 2.24) is 15.2 Å². The van der Waals surface area contributed by atoms with Crippen LogP contribution in [0.25, 0.3) is 22.2 Å². The number of fused-ring (bicyclic) bond motifs is 1. The number of hydrogen-bond acceptors (Lipinski definition) is 3. The van der Waals surface area contributed by atoms with Crippen LogP contribution in [0.4, 0.5) is 5.82 Å². The van der Waals surface area contributed by atoms with Crippen LogP contribution in [0.5, 0.6) is 0 Å². The van der Waals surface area contributed by atoms with Gasteiger partial charge in [-0.15, -0.1) is 12.4 Å². The number of rotatable bonds is 1. The van der Waals surface area contributed by atoms with Crippen molar-refractivity contribution in [3.05, 3.63) is 42.6 Å². The molecular formula is C12H11ClN4. The predicted molar refractivity (Wildman–Crippen MR) is 71.0 cm³/mol. The monoisotopic (exact) mass is 246 g/mol. The smallest absolute Gasteiger partial charge is 0.145 e. The normalized spacial score (nSPS) is 10.1. The summed E-state index contributed by atoms with van der Waals surface area (Å²) in [6.07, 6.45) is 1.85. The lowest BCUT2D eigenvalue weighted by atomic mass is 10.1. The molecule has 1 aromatic carbocycles. The molecule has 0 unspecified atom stereocenters. The Morgan fingerprint density at radius 3 is 2.53 bits per heavy atom. The third kappa shape index (κ3) is 2.07. The fourth-order valence-corrected chi connectivity index (χ4v) is 1.70. The summed E-state index contributed by atoms with van der Waals surface area (Å²) in [5.41, 5.74) is 7.24. The molecule has 0 saturated carbocycles. The van der Waals surface area contributed by atoms with Gasteiger partial charge in [0, 0.05) is 17.6 Å². The molecule has 0 spiro atoms. The van der Waals surface area contributed by atoms with E-state index in [4.69, 9.17) is 5.73 Å². The van der Waals surface area contributed by atoms with Crippen molar-refractivity contribution in [3.8, 4) is 11.4 Å². The summed E-state index contributed by atoms with van der Waals surface area (Å²) in [7, 11) is 0. The van der Waals surface area contributed by atoms with E-state index < -0.39 is 0 Å². The molecule has 0 aliphatic heterocycles. The second kappa shape index (κ2) is 4.43. The second-order valence-corrected chi connectivity index (χ2v) is 3.62. The zero-order chi connectivity index (χ0) is 11.0. The van der Waals surface area contributed by atoms with E-state index in [1.807, 2.05) is 30.5 Å². The van der Waals surface area contributed by atoms with Gasteiger partial charge in [0.2, 0.25) is 0 Å². The van der Waals surface area contributed by atoms with Crippen molar-refractivity contribution >= 4 is 29.0 Å². The number of pyridine rings is 1. The molecule has 5 heteroatoms. The van der Waals surface area contributed by atoms with Crippen LogP contribution < -0.4 is 5.73 Å². The van der Waals surface area contributed by atoms with E-state index in [-0.39, 0.29) is 12.4 Å². The van der Waals surface area contributed by atoms with Crippen LogP contribution in [-0.2, 0) is 0 Å². The zero-order valence-corrected chi connectivity index (χ0v) is 9.74. The van der Waals surface area contributed by atoms with E-state index in [0.29, 0.717) is 5.82 Å². The van der Waals surface area contributed by atoms with E-state index >= 15 is 0 Å². The molecule has 0 atom stereocenters. The minimum absolute atomic E-state index is 0. The number of halogens is 1. The molecule has 17 heavy (non-hydrogen) atoms. The minimum Gasteiger partial charge on any atom is -0.382 e. The van der Waals surface area contributed by atoms with Crippen molar-refractivity contribution in [3.63, 3.8) is 0 Å². The Bertz CT molecular complexity index is 648. The van der Waals surface area contributed by atoms with Crippen LogP contribution in [0.3, 0.4) is 0 Å². The molecule has 2 aromatic heterocycles. The maximum Gasteiger partial charge on any atom is 0.145 e. The predicted octanol–water partition coefficient (Wildman–Crippen LogP) is 2.63. The molecule has 2 heterocycles. The van der Waals surface area contributed by atoms with Crippen molar-refractivity contribution in [2.75, 3.05) is 5.73 Å². The quantitative estimate of drug-likeness (QED) is 0.694. The number of aromatic nitrogens is 3. The summed E-state index contributed by atoms with van der Waals surface area (Å²) in [6, 6.07) is 11.9. The van der Waals surface area contributed by atoms with Gasteiger partial charge in [-0.1, -0.05) is 24.3 Å². The Labute approximate surface area is 104 Å². The second-order valence-electron chi connectivity index (χ2n) is 3.62. The first-order chi connectivity index (χ1) is 7.83. The highest BCUT2D eigenvalue weighted by Crippen LogP contribution is 2.20. The summed E-state index contributed by atoms with van der Waals surface area (Å²) >= 11 is 0. The summed E-state index contributed by atoms with van der Waals surface area (Å²) in [6.45, 7) is 0. The van der Waals surface area contributed by atoms with Crippen LogP contribution in [0.2, 0.25) is 0 Å². The SMILES string of the molecule is Cl.Nc1cc(-c2cc3ccccc3cn2)[nH]n1. The molecule has 0 amide bonds. The number of nitrogens with two attached hydrogens (primary N) is 1.